The van der Waals surface area contributed by atoms with Gasteiger partial charge in [-0.25, -0.2) is 4.98 Å². The van der Waals surface area contributed by atoms with Crippen molar-refractivity contribution in [3.8, 4) is 11.5 Å². The average molecular weight is 349 g/mol. The zero-order valence-electron chi connectivity index (χ0n) is 12.2. The van der Waals surface area contributed by atoms with Crippen molar-refractivity contribution >= 4 is 44.2 Å². The number of aromatic hydroxyl groups is 1. The number of ether oxygens (including phenoxy) is 1. The van der Waals surface area contributed by atoms with Gasteiger partial charge in [0, 0.05) is 5.56 Å². The number of fused-ring (bicyclic) bond motifs is 1. The topological polar surface area (TPSA) is 71.5 Å². The van der Waals surface area contributed by atoms with Crippen molar-refractivity contribution in [2.45, 2.75) is 6.92 Å². The number of anilines is 1. The van der Waals surface area contributed by atoms with E-state index in [4.69, 9.17) is 16.3 Å². The summed E-state index contributed by atoms with van der Waals surface area (Å²) >= 11 is 7.18. The van der Waals surface area contributed by atoms with Gasteiger partial charge in [-0.05, 0) is 43.3 Å². The fourth-order valence-corrected chi connectivity index (χ4v) is 3.10. The molecule has 7 heteroatoms. The molecule has 5 nitrogen and oxygen atoms in total. The van der Waals surface area contributed by atoms with Crippen LogP contribution in [0.2, 0.25) is 5.02 Å². The lowest BCUT2D eigenvalue weighted by molar-refractivity contribution is 0.102. The summed E-state index contributed by atoms with van der Waals surface area (Å²) < 4.78 is 6.38. The molecule has 0 aliphatic rings. The van der Waals surface area contributed by atoms with Crippen molar-refractivity contribution in [3.05, 3.63) is 47.0 Å². The third-order valence-electron chi connectivity index (χ3n) is 3.10. The van der Waals surface area contributed by atoms with E-state index in [9.17, 15) is 9.90 Å². The molecule has 2 N–H and O–H groups in total. The van der Waals surface area contributed by atoms with E-state index in [0.717, 1.165) is 16.0 Å². The minimum atomic E-state index is -0.337. The van der Waals surface area contributed by atoms with Gasteiger partial charge in [0.15, 0.2) is 5.13 Å². The summed E-state index contributed by atoms with van der Waals surface area (Å²) in [6.45, 7) is 2.51. The predicted molar refractivity (Wildman–Crippen MR) is 91.9 cm³/mol. The summed E-state index contributed by atoms with van der Waals surface area (Å²) in [5.74, 6) is 0.370. The van der Waals surface area contributed by atoms with Crippen LogP contribution in [0.1, 0.15) is 17.3 Å². The van der Waals surface area contributed by atoms with E-state index in [0.29, 0.717) is 17.3 Å². The molecule has 0 saturated carbocycles. The minimum Gasteiger partial charge on any atom is -0.506 e. The Labute approximate surface area is 141 Å². The summed E-state index contributed by atoms with van der Waals surface area (Å²) in [5.41, 5.74) is 1.14. The van der Waals surface area contributed by atoms with Gasteiger partial charge in [-0.2, -0.15) is 0 Å². The second-order valence-electron chi connectivity index (χ2n) is 4.70. The van der Waals surface area contributed by atoms with Gasteiger partial charge in [0.1, 0.15) is 11.5 Å². The third kappa shape index (κ3) is 3.38. The number of nitrogens with zero attached hydrogens (tertiary/aromatic N) is 1. The lowest BCUT2D eigenvalue weighted by Gasteiger charge is -2.03. The maximum absolute atomic E-state index is 12.2. The molecule has 1 amide bonds. The second-order valence-corrected chi connectivity index (χ2v) is 6.14. The molecular weight excluding hydrogens is 336 g/mol. The third-order valence-corrected chi connectivity index (χ3v) is 4.34. The predicted octanol–water partition coefficient (Wildman–Crippen LogP) is 4.31. The SMILES string of the molecule is CCOc1ccc2nc(NC(=O)c3ccc(O)c(Cl)c3)sc2c1. The van der Waals surface area contributed by atoms with Gasteiger partial charge < -0.3 is 9.84 Å². The van der Waals surface area contributed by atoms with Gasteiger partial charge in [-0.1, -0.05) is 22.9 Å². The normalized spacial score (nSPS) is 10.7. The fourth-order valence-electron chi connectivity index (χ4n) is 2.03. The number of carbonyl (C=O) groups is 1. The van der Waals surface area contributed by atoms with E-state index in [1.807, 2.05) is 25.1 Å². The Morgan fingerprint density at radius 2 is 2.17 bits per heavy atom. The minimum absolute atomic E-state index is 0.0633. The number of hydrogen-bond acceptors (Lipinski definition) is 5. The maximum Gasteiger partial charge on any atom is 0.257 e. The summed E-state index contributed by atoms with van der Waals surface area (Å²) in [5, 5.41) is 12.7. The van der Waals surface area contributed by atoms with Crippen molar-refractivity contribution in [3.63, 3.8) is 0 Å². The smallest absolute Gasteiger partial charge is 0.257 e. The molecule has 3 rings (SSSR count). The largest absolute Gasteiger partial charge is 0.506 e. The molecule has 1 aromatic heterocycles. The van der Waals surface area contributed by atoms with Crippen molar-refractivity contribution < 1.29 is 14.6 Å². The quantitative estimate of drug-likeness (QED) is 0.737. The van der Waals surface area contributed by atoms with Crippen LogP contribution < -0.4 is 10.1 Å². The van der Waals surface area contributed by atoms with Gasteiger partial charge in [-0.3, -0.25) is 10.1 Å². The van der Waals surface area contributed by atoms with Crippen LogP contribution in [-0.4, -0.2) is 22.6 Å². The summed E-state index contributed by atoms with van der Waals surface area (Å²) in [6, 6.07) is 9.87. The Balaban J connectivity index is 1.82. The maximum atomic E-state index is 12.2. The number of thiazole rings is 1. The molecule has 0 unspecified atom stereocenters. The molecule has 0 fully saturated rings. The number of aromatic nitrogens is 1. The van der Waals surface area contributed by atoms with Gasteiger partial charge in [0.05, 0.1) is 21.8 Å². The number of carbonyl (C=O) groups excluding carboxylic acids is 1. The molecule has 0 atom stereocenters. The van der Waals surface area contributed by atoms with E-state index >= 15 is 0 Å². The molecule has 118 valence electrons. The first-order valence-corrected chi connectivity index (χ1v) is 8.09. The molecule has 0 bridgehead atoms. The van der Waals surface area contributed by atoms with Crippen LogP contribution in [0.15, 0.2) is 36.4 Å². The molecule has 0 radical (unpaired) electrons. The summed E-state index contributed by atoms with van der Waals surface area (Å²) in [6.07, 6.45) is 0. The number of phenols is 1. The van der Waals surface area contributed by atoms with Crippen molar-refractivity contribution in [2.24, 2.45) is 0 Å². The molecular formula is C16H13ClN2O3S. The highest BCUT2D eigenvalue weighted by Crippen LogP contribution is 2.30. The molecule has 23 heavy (non-hydrogen) atoms. The molecule has 0 aliphatic carbocycles. The molecule has 1 heterocycles. The second kappa shape index (κ2) is 6.44. The van der Waals surface area contributed by atoms with Crippen molar-refractivity contribution in [1.29, 1.82) is 0 Å². The number of amides is 1. The first-order chi connectivity index (χ1) is 11.1. The molecule has 0 spiro atoms. The van der Waals surface area contributed by atoms with Gasteiger partial charge in [0.25, 0.3) is 5.91 Å². The molecule has 0 saturated heterocycles. The first-order valence-electron chi connectivity index (χ1n) is 6.90. The first kappa shape index (κ1) is 15.6. The van der Waals surface area contributed by atoms with E-state index in [-0.39, 0.29) is 16.7 Å². The van der Waals surface area contributed by atoms with Crippen LogP contribution >= 0.6 is 22.9 Å². The Kier molecular flexibility index (Phi) is 4.36. The van der Waals surface area contributed by atoms with Crippen LogP contribution in [0.25, 0.3) is 10.2 Å². The molecule has 3 aromatic rings. The van der Waals surface area contributed by atoms with Crippen LogP contribution in [0.5, 0.6) is 11.5 Å². The fraction of sp³-hybridized carbons (Fsp3) is 0.125. The lowest BCUT2D eigenvalue weighted by atomic mass is 10.2. The Morgan fingerprint density at radius 3 is 2.91 bits per heavy atom. The van der Waals surface area contributed by atoms with E-state index in [1.165, 1.54) is 29.5 Å². The highest BCUT2D eigenvalue weighted by molar-refractivity contribution is 7.22. The zero-order chi connectivity index (χ0) is 16.4. The Hall–Kier alpha value is -2.31. The van der Waals surface area contributed by atoms with Crippen LogP contribution in [0, 0.1) is 0 Å². The van der Waals surface area contributed by atoms with Crippen molar-refractivity contribution in [1.82, 2.24) is 4.98 Å². The summed E-state index contributed by atoms with van der Waals surface area (Å²) in [4.78, 5) is 16.6. The van der Waals surface area contributed by atoms with Crippen molar-refractivity contribution in [2.75, 3.05) is 11.9 Å². The van der Waals surface area contributed by atoms with Gasteiger partial charge >= 0.3 is 0 Å². The molecule has 2 aromatic carbocycles. The average Bonchev–Trinajstić information content (AvgIpc) is 2.91. The number of rotatable bonds is 4. The number of benzene rings is 2. The van der Waals surface area contributed by atoms with Gasteiger partial charge in [0.2, 0.25) is 0 Å². The highest BCUT2D eigenvalue weighted by Gasteiger charge is 2.12. The van der Waals surface area contributed by atoms with Crippen LogP contribution in [0.4, 0.5) is 5.13 Å². The number of hydrogen-bond donors (Lipinski definition) is 2. The zero-order valence-corrected chi connectivity index (χ0v) is 13.7. The standard InChI is InChI=1S/C16H13ClN2O3S/c1-2-22-10-4-5-12-14(8-10)23-16(18-12)19-15(21)9-3-6-13(20)11(17)7-9/h3-8,20H,2H2,1H3,(H,18,19,21). The lowest BCUT2D eigenvalue weighted by Crippen LogP contribution is -2.11. The van der Waals surface area contributed by atoms with E-state index < -0.39 is 0 Å². The number of halogens is 1. The number of nitrogens with one attached hydrogen (secondary N) is 1. The van der Waals surface area contributed by atoms with Crippen LogP contribution in [-0.2, 0) is 0 Å². The van der Waals surface area contributed by atoms with E-state index in [1.54, 1.807) is 0 Å². The Morgan fingerprint density at radius 1 is 1.35 bits per heavy atom. The monoisotopic (exact) mass is 348 g/mol. The summed E-state index contributed by atoms with van der Waals surface area (Å²) in [7, 11) is 0. The molecule has 0 aliphatic heterocycles. The highest BCUT2D eigenvalue weighted by atomic mass is 35.5. The van der Waals surface area contributed by atoms with E-state index in [2.05, 4.69) is 10.3 Å². The van der Waals surface area contributed by atoms with Gasteiger partial charge in [-0.15, -0.1) is 0 Å². The van der Waals surface area contributed by atoms with Crippen LogP contribution in [0.3, 0.4) is 0 Å². The Bertz CT molecular complexity index is 879. The number of phenolic OH excluding ortho intramolecular Hbond substituents is 1.